The molecule has 3 aromatic rings. The van der Waals surface area contributed by atoms with E-state index in [4.69, 9.17) is 0 Å². The summed E-state index contributed by atoms with van der Waals surface area (Å²) < 4.78 is 13.4. The summed E-state index contributed by atoms with van der Waals surface area (Å²) >= 11 is 0. The number of likely N-dealkylation sites (N-methyl/N-ethyl adjacent to an activating group) is 1. The Labute approximate surface area is 204 Å². The number of carbonyl (C=O) groups is 3. The molecule has 5 rings (SSSR count). The van der Waals surface area contributed by atoms with Crippen molar-refractivity contribution in [2.24, 2.45) is 0 Å². The highest BCUT2D eigenvalue weighted by Gasteiger charge is 2.53. The van der Waals surface area contributed by atoms with Crippen LogP contribution in [0.5, 0.6) is 0 Å². The Balaban J connectivity index is 1.46. The van der Waals surface area contributed by atoms with Crippen molar-refractivity contribution in [2.45, 2.75) is 37.1 Å². The SMILES string of the molecule is CN1C(=O)CC(CC(=O)N2CCCC2c2ccc(F)cc2)(c2ccc(-c3ccccc3)cc2)C1=O. The van der Waals surface area contributed by atoms with Crippen LogP contribution in [-0.2, 0) is 19.8 Å². The average Bonchev–Trinajstić information content (AvgIpc) is 3.45. The predicted molar refractivity (Wildman–Crippen MR) is 131 cm³/mol. The first-order chi connectivity index (χ1) is 16.9. The minimum absolute atomic E-state index is 0.0339. The number of carbonyl (C=O) groups excluding carboxylic acids is 3. The van der Waals surface area contributed by atoms with Crippen LogP contribution < -0.4 is 0 Å². The lowest BCUT2D eigenvalue weighted by atomic mass is 9.75. The molecule has 0 bridgehead atoms. The first kappa shape index (κ1) is 23.0. The van der Waals surface area contributed by atoms with Crippen molar-refractivity contribution in [1.82, 2.24) is 9.80 Å². The van der Waals surface area contributed by atoms with Gasteiger partial charge in [-0.1, -0.05) is 66.7 Å². The Hall–Kier alpha value is -3.80. The standard InChI is InChI=1S/C29H27FN2O3/c1-31-26(33)18-29(28(31)35,23-13-9-21(10-14-23)20-6-3-2-4-7-20)19-27(34)32-17-5-8-25(32)22-11-15-24(30)16-12-22/h2-4,6-7,9-16,25H,5,8,17-19H2,1H3. The summed E-state index contributed by atoms with van der Waals surface area (Å²) in [6, 6.07) is 23.6. The monoisotopic (exact) mass is 470 g/mol. The zero-order chi connectivity index (χ0) is 24.6. The van der Waals surface area contributed by atoms with Crippen molar-refractivity contribution in [1.29, 1.82) is 0 Å². The number of rotatable bonds is 5. The molecule has 35 heavy (non-hydrogen) atoms. The number of imide groups is 1. The fourth-order valence-electron chi connectivity index (χ4n) is 5.42. The highest BCUT2D eigenvalue weighted by atomic mass is 19.1. The molecule has 0 N–H and O–H groups in total. The van der Waals surface area contributed by atoms with E-state index in [0.29, 0.717) is 12.1 Å². The maximum atomic E-state index is 13.6. The number of amides is 3. The molecule has 178 valence electrons. The van der Waals surface area contributed by atoms with Crippen LogP contribution in [0.2, 0.25) is 0 Å². The van der Waals surface area contributed by atoms with Gasteiger partial charge in [-0.3, -0.25) is 19.3 Å². The summed E-state index contributed by atoms with van der Waals surface area (Å²) in [6.07, 6.45) is 1.50. The van der Waals surface area contributed by atoms with Crippen LogP contribution >= 0.6 is 0 Å². The lowest BCUT2D eigenvalue weighted by Gasteiger charge is -2.31. The van der Waals surface area contributed by atoms with Gasteiger partial charge in [0.05, 0.1) is 11.5 Å². The van der Waals surface area contributed by atoms with E-state index in [2.05, 4.69) is 0 Å². The molecule has 2 atom stereocenters. The van der Waals surface area contributed by atoms with Gasteiger partial charge in [0, 0.05) is 26.4 Å². The summed E-state index contributed by atoms with van der Waals surface area (Å²) in [6.45, 7) is 0.571. The van der Waals surface area contributed by atoms with E-state index in [-0.39, 0.29) is 42.4 Å². The second-order valence-electron chi connectivity index (χ2n) is 9.43. The fraction of sp³-hybridized carbons (Fsp3) is 0.276. The second-order valence-corrected chi connectivity index (χ2v) is 9.43. The van der Waals surface area contributed by atoms with E-state index < -0.39 is 5.41 Å². The fourth-order valence-corrected chi connectivity index (χ4v) is 5.42. The van der Waals surface area contributed by atoms with Crippen molar-refractivity contribution in [3.63, 3.8) is 0 Å². The number of hydrogen-bond donors (Lipinski definition) is 0. The third kappa shape index (κ3) is 4.14. The Kier molecular flexibility index (Phi) is 5.97. The van der Waals surface area contributed by atoms with E-state index in [1.165, 1.54) is 19.2 Å². The molecule has 0 saturated carbocycles. The van der Waals surface area contributed by atoms with E-state index in [0.717, 1.165) is 34.4 Å². The Morgan fingerprint density at radius 2 is 1.60 bits per heavy atom. The van der Waals surface area contributed by atoms with Gasteiger partial charge in [-0.15, -0.1) is 0 Å². The van der Waals surface area contributed by atoms with Crippen LogP contribution in [0.1, 0.15) is 42.9 Å². The molecule has 0 aromatic heterocycles. The van der Waals surface area contributed by atoms with Crippen LogP contribution in [0.25, 0.3) is 11.1 Å². The number of hydrogen-bond acceptors (Lipinski definition) is 3. The molecule has 2 fully saturated rings. The van der Waals surface area contributed by atoms with Gasteiger partial charge >= 0.3 is 0 Å². The molecule has 2 unspecified atom stereocenters. The highest BCUT2D eigenvalue weighted by Crippen LogP contribution is 2.42. The normalized spacial score (nSPS) is 22.2. The van der Waals surface area contributed by atoms with Crippen molar-refractivity contribution >= 4 is 17.7 Å². The Morgan fingerprint density at radius 1 is 0.943 bits per heavy atom. The van der Waals surface area contributed by atoms with Crippen LogP contribution in [0.4, 0.5) is 4.39 Å². The zero-order valence-corrected chi connectivity index (χ0v) is 19.6. The third-order valence-electron chi connectivity index (χ3n) is 7.37. The van der Waals surface area contributed by atoms with E-state index in [9.17, 15) is 18.8 Å². The van der Waals surface area contributed by atoms with Crippen LogP contribution in [0.15, 0.2) is 78.9 Å². The topological polar surface area (TPSA) is 57.7 Å². The smallest absolute Gasteiger partial charge is 0.240 e. The number of benzene rings is 3. The van der Waals surface area contributed by atoms with Crippen molar-refractivity contribution < 1.29 is 18.8 Å². The lowest BCUT2D eigenvalue weighted by molar-refractivity contribution is -0.141. The summed E-state index contributed by atoms with van der Waals surface area (Å²) in [7, 11) is 1.48. The molecule has 2 heterocycles. The average molecular weight is 471 g/mol. The minimum Gasteiger partial charge on any atom is -0.336 e. The molecule has 0 aliphatic carbocycles. The molecule has 2 aliphatic heterocycles. The number of halogens is 1. The van der Waals surface area contributed by atoms with Crippen LogP contribution in [0, 0.1) is 5.82 Å². The molecule has 0 radical (unpaired) electrons. The maximum absolute atomic E-state index is 13.6. The molecule has 2 aliphatic rings. The molecular weight excluding hydrogens is 443 g/mol. The van der Waals surface area contributed by atoms with Gasteiger partial charge in [0.15, 0.2) is 0 Å². The maximum Gasteiger partial charge on any atom is 0.240 e. The van der Waals surface area contributed by atoms with E-state index in [1.54, 1.807) is 17.0 Å². The zero-order valence-electron chi connectivity index (χ0n) is 19.6. The highest BCUT2D eigenvalue weighted by molar-refractivity contribution is 6.10. The molecule has 6 heteroatoms. The second kappa shape index (κ2) is 9.10. The van der Waals surface area contributed by atoms with Crippen molar-refractivity contribution in [3.05, 3.63) is 95.8 Å². The van der Waals surface area contributed by atoms with Gasteiger partial charge in [0.2, 0.25) is 17.7 Å². The number of likely N-dealkylation sites (tertiary alicyclic amines) is 2. The van der Waals surface area contributed by atoms with Crippen LogP contribution in [0.3, 0.4) is 0 Å². The molecule has 0 spiro atoms. The van der Waals surface area contributed by atoms with E-state index >= 15 is 0 Å². The van der Waals surface area contributed by atoms with Gasteiger partial charge in [-0.25, -0.2) is 4.39 Å². The van der Waals surface area contributed by atoms with Gasteiger partial charge < -0.3 is 4.90 Å². The first-order valence-corrected chi connectivity index (χ1v) is 11.9. The molecule has 3 amide bonds. The molecule has 2 saturated heterocycles. The molecular formula is C29H27FN2O3. The minimum atomic E-state index is -1.23. The number of nitrogens with zero attached hydrogens (tertiary/aromatic N) is 2. The van der Waals surface area contributed by atoms with Crippen molar-refractivity contribution in [2.75, 3.05) is 13.6 Å². The Morgan fingerprint density at radius 3 is 2.23 bits per heavy atom. The Bertz CT molecular complexity index is 1260. The molecule has 5 nitrogen and oxygen atoms in total. The summed E-state index contributed by atoms with van der Waals surface area (Å²) in [5, 5.41) is 0. The van der Waals surface area contributed by atoms with Gasteiger partial charge in [0.25, 0.3) is 0 Å². The predicted octanol–water partition coefficient (Wildman–Crippen LogP) is 4.87. The van der Waals surface area contributed by atoms with Gasteiger partial charge in [-0.05, 0) is 47.2 Å². The summed E-state index contributed by atoms with van der Waals surface area (Å²) in [4.78, 5) is 42.6. The lowest BCUT2D eigenvalue weighted by Crippen LogP contribution is -2.42. The first-order valence-electron chi connectivity index (χ1n) is 11.9. The third-order valence-corrected chi connectivity index (χ3v) is 7.37. The quantitative estimate of drug-likeness (QED) is 0.500. The van der Waals surface area contributed by atoms with Gasteiger partial charge in [0.1, 0.15) is 5.82 Å². The summed E-state index contributed by atoms with van der Waals surface area (Å²) in [5.74, 6) is -1.12. The largest absolute Gasteiger partial charge is 0.336 e. The van der Waals surface area contributed by atoms with Gasteiger partial charge in [-0.2, -0.15) is 0 Å². The van der Waals surface area contributed by atoms with E-state index in [1.807, 2.05) is 54.6 Å². The molecule has 3 aromatic carbocycles. The van der Waals surface area contributed by atoms with Crippen molar-refractivity contribution in [3.8, 4) is 11.1 Å². The van der Waals surface area contributed by atoms with Crippen LogP contribution in [-0.4, -0.2) is 41.1 Å². The summed E-state index contributed by atoms with van der Waals surface area (Å²) in [5.41, 5.74) is 2.37.